The van der Waals surface area contributed by atoms with Crippen molar-refractivity contribution in [2.75, 3.05) is 6.54 Å². The van der Waals surface area contributed by atoms with Crippen LogP contribution in [-0.4, -0.2) is 27.2 Å². The van der Waals surface area contributed by atoms with Crippen molar-refractivity contribution < 1.29 is 9.18 Å². The summed E-state index contributed by atoms with van der Waals surface area (Å²) in [6.07, 6.45) is 2.91. The highest BCUT2D eigenvalue weighted by Crippen LogP contribution is 2.40. The number of aryl methyl sites for hydroxylation is 2. The Kier molecular flexibility index (Phi) is 4.18. The summed E-state index contributed by atoms with van der Waals surface area (Å²) in [5.41, 5.74) is 4.17. The lowest BCUT2D eigenvalue weighted by molar-refractivity contribution is 0.0955. The van der Waals surface area contributed by atoms with Crippen molar-refractivity contribution in [3.63, 3.8) is 0 Å². The number of benzene rings is 1. The SMILES string of the molecule is Cc1nn(C)c2nc(C3CC3)cc(C(=O)NCCc3ccc(F)cc3)c12. The van der Waals surface area contributed by atoms with Crippen molar-refractivity contribution >= 4 is 16.9 Å². The van der Waals surface area contributed by atoms with Crippen LogP contribution >= 0.6 is 0 Å². The van der Waals surface area contributed by atoms with Crippen molar-refractivity contribution in [2.45, 2.75) is 32.1 Å². The van der Waals surface area contributed by atoms with E-state index in [1.54, 1.807) is 16.8 Å². The van der Waals surface area contributed by atoms with Crippen molar-refractivity contribution in [3.8, 4) is 0 Å². The van der Waals surface area contributed by atoms with Gasteiger partial charge in [-0.3, -0.25) is 9.48 Å². The second-order valence-electron chi connectivity index (χ2n) is 6.91. The molecule has 5 nitrogen and oxygen atoms in total. The van der Waals surface area contributed by atoms with Crippen LogP contribution < -0.4 is 5.32 Å². The molecule has 134 valence electrons. The molecule has 0 atom stereocenters. The van der Waals surface area contributed by atoms with Crippen molar-refractivity contribution in [1.82, 2.24) is 20.1 Å². The number of hydrogen-bond acceptors (Lipinski definition) is 3. The number of nitrogens with zero attached hydrogens (tertiary/aromatic N) is 3. The van der Waals surface area contributed by atoms with E-state index in [0.29, 0.717) is 24.4 Å². The summed E-state index contributed by atoms with van der Waals surface area (Å²) < 4.78 is 14.7. The number of fused-ring (bicyclic) bond motifs is 1. The van der Waals surface area contributed by atoms with Gasteiger partial charge in [0.2, 0.25) is 0 Å². The van der Waals surface area contributed by atoms with E-state index in [-0.39, 0.29) is 11.7 Å². The van der Waals surface area contributed by atoms with E-state index in [1.165, 1.54) is 12.1 Å². The quantitative estimate of drug-likeness (QED) is 0.767. The number of nitrogens with one attached hydrogen (secondary N) is 1. The average molecular weight is 352 g/mol. The number of aromatic nitrogens is 3. The number of carbonyl (C=O) groups excluding carboxylic acids is 1. The van der Waals surface area contributed by atoms with Crippen LogP contribution in [0.2, 0.25) is 0 Å². The van der Waals surface area contributed by atoms with Crippen LogP contribution in [0.25, 0.3) is 11.0 Å². The van der Waals surface area contributed by atoms with E-state index in [4.69, 9.17) is 4.98 Å². The molecular weight excluding hydrogens is 331 g/mol. The zero-order chi connectivity index (χ0) is 18.3. The Bertz CT molecular complexity index is 974. The fraction of sp³-hybridized carbons (Fsp3) is 0.350. The summed E-state index contributed by atoms with van der Waals surface area (Å²) in [7, 11) is 1.86. The molecule has 6 heteroatoms. The predicted molar refractivity (Wildman–Crippen MR) is 97.7 cm³/mol. The maximum absolute atomic E-state index is 13.0. The number of carbonyl (C=O) groups is 1. The molecular formula is C20H21FN4O. The Hall–Kier alpha value is -2.76. The molecule has 1 aromatic carbocycles. The van der Waals surface area contributed by atoms with E-state index in [0.717, 1.165) is 40.8 Å². The predicted octanol–water partition coefficient (Wildman–Crippen LogP) is 3.27. The molecule has 1 fully saturated rings. The molecule has 1 aliphatic carbocycles. The summed E-state index contributed by atoms with van der Waals surface area (Å²) in [6.45, 7) is 2.39. The van der Waals surface area contributed by atoms with E-state index in [2.05, 4.69) is 10.4 Å². The monoisotopic (exact) mass is 352 g/mol. The maximum atomic E-state index is 13.0. The van der Waals surface area contributed by atoms with Gasteiger partial charge in [-0.25, -0.2) is 9.37 Å². The lowest BCUT2D eigenvalue weighted by Crippen LogP contribution is -2.26. The fourth-order valence-corrected chi connectivity index (χ4v) is 3.30. The van der Waals surface area contributed by atoms with Gasteiger partial charge in [0.25, 0.3) is 5.91 Å². The smallest absolute Gasteiger partial charge is 0.252 e. The van der Waals surface area contributed by atoms with E-state index in [1.807, 2.05) is 20.0 Å². The fourth-order valence-electron chi connectivity index (χ4n) is 3.30. The van der Waals surface area contributed by atoms with Gasteiger partial charge in [0.05, 0.1) is 16.6 Å². The van der Waals surface area contributed by atoms with E-state index in [9.17, 15) is 9.18 Å². The third kappa shape index (κ3) is 3.19. The number of rotatable bonds is 5. The Labute approximate surface area is 151 Å². The van der Waals surface area contributed by atoms with Gasteiger partial charge in [-0.1, -0.05) is 12.1 Å². The minimum atomic E-state index is -0.253. The average Bonchev–Trinajstić information content (AvgIpc) is 3.43. The number of halogens is 1. The molecule has 1 aliphatic rings. The Morgan fingerprint density at radius 3 is 2.73 bits per heavy atom. The first-order valence-corrected chi connectivity index (χ1v) is 8.90. The first-order valence-electron chi connectivity index (χ1n) is 8.90. The van der Waals surface area contributed by atoms with Crippen LogP contribution in [0, 0.1) is 12.7 Å². The van der Waals surface area contributed by atoms with Gasteiger partial charge in [0.1, 0.15) is 5.82 Å². The number of amides is 1. The van der Waals surface area contributed by atoms with Gasteiger partial charge < -0.3 is 5.32 Å². The first kappa shape index (κ1) is 16.7. The van der Waals surface area contributed by atoms with E-state index >= 15 is 0 Å². The molecule has 1 amide bonds. The minimum Gasteiger partial charge on any atom is -0.352 e. The molecule has 0 saturated heterocycles. The van der Waals surface area contributed by atoms with Crippen LogP contribution in [0.4, 0.5) is 4.39 Å². The molecule has 0 radical (unpaired) electrons. The highest BCUT2D eigenvalue weighted by Gasteiger charge is 2.28. The molecule has 0 aliphatic heterocycles. The Morgan fingerprint density at radius 1 is 1.31 bits per heavy atom. The highest BCUT2D eigenvalue weighted by molar-refractivity contribution is 6.06. The van der Waals surface area contributed by atoms with Gasteiger partial charge in [-0.2, -0.15) is 5.10 Å². The van der Waals surface area contributed by atoms with Crippen LogP contribution in [0.15, 0.2) is 30.3 Å². The third-order valence-corrected chi connectivity index (χ3v) is 4.84. The van der Waals surface area contributed by atoms with Gasteiger partial charge in [-0.05, 0) is 49.9 Å². The van der Waals surface area contributed by atoms with Crippen molar-refractivity contribution in [1.29, 1.82) is 0 Å². The third-order valence-electron chi connectivity index (χ3n) is 4.84. The molecule has 26 heavy (non-hydrogen) atoms. The van der Waals surface area contributed by atoms with Gasteiger partial charge in [0.15, 0.2) is 5.65 Å². The number of hydrogen-bond donors (Lipinski definition) is 1. The van der Waals surface area contributed by atoms with Crippen LogP contribution in [0.1, 0.15) is 46.1 Å². The lowest BCUT2D eigenvalue weighted by Gasteiger charge is -2.09. The Morgan fingerprint density at radius 2 is 2.04 bits per heavy atom. The van der Waals surface area contributed by atoms with Crippen LogP contribution in [0.3, 0.4) is 0 Å². The normalized spacial score (nSPS) is 14.0. The summed E-state index contributed by atoms with van der Waals surface area (Å²) in [6, 6.07) is 8.27. The van der Waals surface area contributed by atoms with Crippen molar-refractivity contribution in [2.24, 2.45) is 7.05 Å². The molecule has 0 spiro atoms. The summed E-state index contributed by atoms with van der Waals surface area (Å²) in [5, 5.41) is 8.22. The zero-order valence-corrected chi connectivity index (χ0v) is 14.9. The largest absolute Gasteiger partial charge is 0.352 e. The molecule has 2 heterocycles. The van der Waals surface area contributed by atoms with E-state index < -0.39 is 0 Å². The lowest BCUT2D eigenvalue weighted by atomic mass is 10.1. The summed E-state index contributed by atoms with van der Waals surface area (Å²) >= 11 is 0. The molecule has 1 N–H and O–H groups in total. The molecule has 3 aromatic rings. The van der Waals surface area contributed by atoms with Gasteiger partial charge >= 0.3 is 0 Å². The molecule has 2 aromatic heterocycles. The van der Waals surface area contributed by atoms with Gasteiger partial charge in [0, 0.05) is 25.2 Å². The molecule has 1 saturated carbocycles. The maximum Gasteiger partial charge on any atom is 0.252 e. The van der Waals surface area contributed by atoms with Gasteiger partial charge in [-0.15, -0.1) is 0 Å². The van der Waals surface area contributed by atoms with Crippen LogP contribution in [0.5, 0.6) is 0 Å². The summed E-state index contributed by atoms with van der Waals surface area (Å²) in [5.74, 6) is 0.0921. The molecule has 4 rings (SSSR count). The topological polar surface area (TPSA) is 59.8 Å². The van der Waals surface area contributed by atoms with Crippen molar-refractivity contribution in [3.05, 3.63) is 58.7 Å². The van der Waals surface area contributed by atoms with Crippen LogP contribution in [-0.2, 0) is 13.5 Å². The number of pyridine rings is 1. The second-order valence-corrected chi connectivity index (χ2v) is 6.91. The standard InChI is InChI=1S/C20H21FN4O/c1-12-18-16(11-17(14-5-6-14)23-19(18)25(2)24-12)20(26)22-10-9-13-3-7-15(21)8-4-13/h3-4,7-8,11,14H,5-6,9-10H2,1-2H3,(H,22,26). The molecule has 0 unspecified atom stereocenters. The first-order chi connectivity index (χ1) is 12.5. The Balaban J connectivity index is 1.56. The second kappa shape index (κ2) is 6.52. The zero-order valence-electron chi connectivity index (χ0n) is 14.9. The summed E-state index contributed by atoms with van der Waals surface area (Å²) in [4.78, 5) is 17.5. The highest BCUT2D eigenvalue weighted by atomic mass is 19.1. The minimum absolute atomic E-state index is 0.113. The molecule has 0 bridgehead atoms.